The molecule has 0 aromatic heterocycles. The van der Waals surface area contributed by atoms with Gasteiger partial charge in [-0.05, 0) is 26.7 Å². The van der Waals surface area contributed by atoms with E-state index in [1.54, 1.807) is 0 Å². The minimum absolute atomic E-state index is 0.181. The zero-order valence-corrected chi connectivity index (χ0v) is 9.00. The fraction of sp³-hybridized carbons (Fsp3) is 0.727. The maximum absolute atomic E-state index is 11.7. The number of rotatable bonds is 2. The van der Waals surface area contributed by atoms with Crippen molar-refractivity contribution >= 4 is 5.91 Å². The topological polar surface area (TPSA) is 20.3 Å². The lowest BCUT2D eigenvalue weighted by Gasteiger charge is -2.22. The van der Waals surface area contributed by atoms with Gasteiger partial charge in [-0.2, -0.15) is 0 Å². The number of carbonyl (C=O) groups excluding carboxylic acids is 1. The van der Waals surface area contributed by atoms with E-state index in [4.69, 9.17) is 0 Å². The van der Waals surface area contributed by atoms with Crippen LogP contribution in [0.3, 0.4) is 0 Å². The summed E-state index contributed by atoms with van der Waals surface area (Å²) < 4.78 is 0. The Morgan fingerprint density at radius 3 is 2.69 bits per heavy atom. The number of hydrogen-bond acceptors (Lipinski definition) is 1. The normalized spacial score (nSPS) is 26.5. The van der Waals surface area contributed by atoms with Gasteiger partial charge in [-0.1, -0.05) is 19.9 Å². The lowest BCUT2D eigenvalue weighted by Crippen LogP contribution is -2.32. The molecule has 2 nitrogen and oxygen atoms in total. The second kappa shape index (κ2) is 3.95. The van der Waals surface area contributed by atoms with Gasteiger partial charge >= 0.3 is 0 Å². The number of hydrogen-bond donors (Lipinski definition) is 0. The van der Waals surface area contributed by atoms with Gasteiger partial charge in [0.1, 0.15) is 0 Å². The third-order valence-corrected chi connectivity index (χ3v) is 2.44. The molecule has 1 atom stereocenters. The van der Waals surface area contributed by atoms with E-state index in [-0.39, 0.29) is 11.8 Å². The molecule has 1 unspecified atom stereocenters. The Balaban J connectivity index is 2.87. The first-order valence-electron chi connectivity index (χ1n) is 5.10. The Morgan fingerprint density at radius 1 is 1.62 bits per heavy atom. The predicted octanol–water partition coefficient (Wildman–Crippen LogP) is 2.56. The third-order valence-electron chi connectivity index (χ3n) is 2.44. The highest BCUT2D eigenvalue weighted by atomic mass is 16.2. The largest absolute Gasteiger partial charge is 0.314 e. The summed E-state index contributed by atoms with van der Waals surface area (Å²) in [6.07, 6.45) is 4.10. The molecule has 0 spiro atoms. The summed E-state index contributed by atoms with van der Waals surface area (Å²) >= 11 is 0. The summed E-state index contributed by atoms with van der Waals surface area (Å²) in [5.74, 6) is 0.468. The first-order chi connectivity index (χ1) is 6.07. The van der Waals surface area contributed by atoms with Crippen LogP contribution in [-0.2, 0) is 4.79 Å². The van der Waals surface area contributed by atoms with Crippen LogP contribution in [0, 0.1) is 5.92 Å². The van der Waals surface area contributed by atoms with Crippen LogP contribution in [0.15, 0.2) is 11.8 Å². The van der Waals surface area contributed by atoms with E-state index in [1.807, 2.05) is 11.8 Å². The van der Waals surface area contributed by atoms with Crippen molar-refractivity contribution < 1.29 is 4.79 Å². The zero-order valence-electron chi connectivity index (χ0n) is 9.00. The number of allylic oxidation sites excluding steroid dienone is 2. The molecule has 74 valence electrons. The number of carbonyl (C=O) groups is 1. The highest BCUT2D eigenvalue weighted by molar-refractivity contribution is 5.83. The molecule has 1 heterocycles. The molecule has 0 aromatic carbocycles. The number of amides is 1. The highest BCUT2D eigenvalue weighted by Crippen LogP contribution is 2.29. The lowest BCUT2D eigenvalue weighted by molar-refractivity contribution is -0.130. The Bertz CT molecular complexity index is 230. The number of nitrogens with zero attached hydrogens (tertiary/aromatic N) is 1. The number of likely N-dealkylation sites (tertiary alicyclic amines) is 1. The maximum Gasteiger partial charge on any atom is 0.230 e. The third kappa shape index (κ3) is 1.93. The van der Waals surface area contributed by atoms with E-state index < -0.39 is 0 Å². The molecule has 1 fully saturated rings. The van der Waals surface area contributed by atoms with Crippen LogP contribution in [0.1, 0.15) is 40.5 Å². The van der Waals surface area contributed by atoms with Gasteiger partial charge in [-0.25, -0.2) is 0 Å². The SMILES string of the molecule is CC/C=C1\CC(C)C(=O)N1C(C)C. The van der Waals surface area contributed by atoms with E-state index in [0.29, 0.717) is 6.04 Å². The summed E-state index contributed by atoms with van der Waals surface area (Å²) in [5, 5.41) is 0. The van der Waals surface area contributed by atoms with E-state index in [0.717, 1.165) is 12.8 Å². The highest BCUT2D eigenvalue weighted by Gasteiger charge is 2.33. The standard InChI is InChI=1S/C11H19NO/c1-5-6-10-7-9(4)11(13)12(10)8(2)3/h6,8-9H,5,7H2,1-4H3/b10-6+. The summed E-state index contributed by atoms with van der Waals surface area (Å²) in [7, 11) is 0. The average molecular weight is 181 g/mol. The Morgan fingerprint density at radius 2 is 2.23 bits per heavy atom. The molecule has 0 saturated carbocycles. The molecule has 0 bridgehead atoms. The van der Waals surface area contributed by atoms with Gasteiger partial charge in [0.05, 0.1) is 0 Å². The molecular formula is C11H19NO. The first kappa shape index (κ1) is 10.3. The Hall–Kier alpha value is -0.790. The van der Waals surface area contributed by atoms with Gasteiger partial charge in [-0.3, -0.25) is 4.79 Å². The summed E-state index contributed by atoms with van der Waals surface area (Å²) in [6, 6.07) is 0.301. The molecule has 0 N–H and O–H groups in total. The van der Waals surface area contributed by atoms with E-state index in [2.05, 4.69) is 26.8 Å². The van der Waals surface area contributed by atoms with Crippen molar-refractivity contribution in [3.8, 4) is 0 Å². The second-order valence-corrected chi connectivity index (χ2v) is 4.01. The molecule has 1 rings (SSSR count). The van der Waals surface area contributed by atoms with Crippen molar-refractivity contribution in [2.45, 2.75) is 46.6 Å². The van der Waals surface area contributed by atoms with Crippen LogP contribution in [0.25, 0.3) is 0 Å². The van der Waals surface area contributed by atoms with Crippen molar-refractivity contribution in [1.29, 1.82) is 0 Å². The Labute approximate surface area is 80.6 Å². The van der Waals surface area contributed by atoms with Crippen molar-refractivity contribution in [3.05, 3.63) is 11.8 Å². The molecule has 2 heteroatoms. The Kier molecular flexibility index (Phi) is 3.12. The van der Waals surface area contributed by atoms with E-state index in [9.17, 15) is 4.79 Å². The molecule has 13 heavy (non-hydrogen) atoms. The van der Waals surface area contributed by atoms with Crippen LogP contribution in [-0.4, -0.2) is 16.8 Å². The van der Waals surface area contributed by atoms with E-state index >= 15 is 0 Å². The molecule has 0 aromatic rings. The summed E-state index contributed by atoms with van der Waals surface area (Å²) in [5.41, 5.74) is 1.22. The van der Waals surface area contributed by atoms with Crippen LogP contribution < -0.4 is 0 Å². The minimum Gasteiger partial charge on any atom is -0.314 e. The van der Waals surface area contributed by atoms with Crippen LogP contribution in [0.2, 0.25) is 0 Å². The van der Waals surface area contributed by atoms with Crippen molar-refractivity contribution in [3.63, 3.8) is 0 Å². The van der Waals surface area contributed by atoms with Gasteiger partial charge in [0.15, 0.2) is 0 Å². The first-order valence-corrected chi connectivity index (χ1v) is 5.10. The average Bonchev–Trinajstić information content (AvgIpc) is 2.28. The maximum atomic E-state index is 11.7. The molecular weight excluding hydrogens is 162 g/mol. The van der Waals surface area contributed by atoms with Crippen molar-refractivity contribution in [2.24, 2.45) is 5.92 Å². The molecule has 1 amide bonds. The van der Waals surface area contributed by atoms with Crippen molar-refractivity contribution in [2.75, 3.05) is 0 Å². The van der Waals surface area contributed by atoms with Crippen molar-refractivity contribution in [1.82, 2.24) is 4.90 Å². The summed E-state index contributed by atoms with van der Waals surface area (Å²) in [4.78, 5) is 13.7. The predicted molar refractivity (Wildman–Crippen MR) is 54.1 cm³/mol. The fourth-order valence-corrected chi connectivity index (χ4v) is 1.88. The zero-order chi connectivity index (χ0) is 10.0. The summed E-state index contributed by atoms with van der Waals surface area (Å²) in [6.45, 7) is 8.26. The monoisotopic (exact) mass is 181 g/mol. The van der Waals surface area contributed by atoms with Crippen LogP contribution >= 0.6 is 0 Å². The lowest BCUT2D eigenvalue weighted by atomic mass is 10.1. The van der Waals surface area contributed by atoms with Gasteiger partial charge < -0.3 is 4.90 Å². The second-order valence-electron chi connectivity index (χ2n) is 4.01. The van der Waals surface area contributed by atoms with Gasteiger partial charge in [0.2, 0.25) is 5.91 Å². The van der Waals surface area contributed by atoms with Gasteiger partial charge in [-0.15, -0.1) is 0 Å². The van der Waals surface area contributed by atoms with Gasteiger partial charge in [0, 0.05) is 17.7 Å². The minimum atomic E-state index is 0.181. The smallest absolute Gasteiger partial charge is 0.230 e. The molecule has 1 aliphatic rings. The molecule has 1 aliphatic heterocycles. The van der Waals surface area contributed by atoms with Crippen LogP contribution in [0.5, 0.6) is 0 Å². The fourth-order valence-electron chi connectivity index (χ4n) is 1.88. The van der Waals surface area contributed by atoms with E-state index in [1.165, 1.54) is 5.70 Å². The molecule has 1 saturated heterocycles. The van der Waals surface area contributed by atoms with Gasteiger partial charge in [0.25, 0.3) is 0 Å². The van der Waals surface area contributed by atoms with Crippen LogP contribution in [0.4, 0.5) is 0 Å². The quantitative estimate of drug-likeness (QED) is 0.641. The molecule has 0 aliphatic carbocycles. The molecule has 0 radical (unpaired) electrons.